The largest absolute Gasteiger partial charge is 0.467 e. The molecule has 0 spiro atoms. The summed E-state index contributed by atoms with van der Waals surface area (Å²) in [5, 5.41) is 9.33. The number of methoxy groups -OCH3 is 1. The van der Waals surface area contributed by atoms with Crippen LogP contribution in [0.25, 0.3) is 0 Å². The predicted octanol–water partition coefficient (Wildman–Crippen LogP) is 7.08. The van der Waals surface area contributed by atoms with Gasteiger partial charge in [0.25, 0.3) is 5.91 Å². The van der Waals surface area contributed by atoms with Crippen LogP contribution in [0.4, 0.5) is 14.6 Å². The van der Waals surface area contributed by atoms with Gasteiger partial charge in [-0.1, -0.05) is 64.2 Å². The van der Waals surface area contributed by atoms with Crippen molar-refractivity contribution < 1.29 is 18.3 Å². The minimum absolute atomic E-state index is 0.0947. The minimum Gasteiger partial charge on any atom is -0.467 e. The van der Waals surface area contributed by atoms with E-state index in [1.807, 2.05) is 19.9 Å². The lowest BCUT2D eigenvalue weighted by atomic mass is 9.99. The molecule has 1 amide bonds. The zero-order chi connectivity index (χ0) is 34.2. The van der Waals surface area contributed by atoms with E-state index in [9.17, 15) is 18.8 Å². The molecule has 8 nitrogen and oxygen atoms in total. The van der Waals surface area contributed by atoms with E-state index < -0.39 is 23.9 Å². The maximum atomic E-state index is 13.6. The van der Waals surface area contributed by atoms with E-state index in [-0.39, 0.29) is 13.0 Å². The van der Waals surface area contributed by atoms with Crippen molar-refractivity contribution >= 4 is 11.7 Å². The number of allylic oxidation sites excluding steroid dienone is 5. The van der Waals surface area contributed by atoms with Crippen LogP contribution in [0.2, 0.25) is 0 Å². The molecule has 1 aromatic rings. The summed E-state index contributed by atoms with van der Waals surface area (Å²) in [6.07, 6.45) is 11.8. The highest BCUT2D eigenvalue weighted by atomic mass is 19.1. The Morgan fingerprint density at radius 1 is 1.17 bits per heavy atom. The average Bonchev–Trinajstić information content (AvgIpc) is 3.30. The first-order chi connectivity index (χ1) is 22.1. The molecule has 1 aromatic heterocycles. The van der Waals surface area contributed by atoms with Crippen molar-refractivity contribution in [3.8, 4) is 12.1 Å². The monoisotopic (exact) mass is 640 g/mol. The van der Waals surface area contributed by atoms with Gasteiger partial charge in [0.1, 0.15) is 12.0 Å². The number of ether oxygens (including phenoxy) is 1. The van der Waals surface area contributed by atoms with E-state index in [2.05, 4.69) is 60.9 Å². The Balaban J connectivity index is 0.000000620. The fourth-order valence-corrected chi connectivity index (χ4v) is 6.07. The number of nitrogens with zero attached hydrogens (tertiary/aromatic N) is 6. The number of halogens is 2. The number of carbonyl (C=O) groups is 1. The molecular formula is C36H54F2N6O2. The van der Waals surface area contributed by atoms with Gasteiger partial charge >= 0.3 is 6.01 Å². The van der Waals surface area contributed by atoms with Crippen LogP contribution in [0.3, 0.4) is 0 Å². The predicted molar refractivity (Wildman–Crippen MR) is 182 cm³/mol. The molecule has 254 valence electrons. The van der Waals surface area contributed by atoms with Gasteiger partial charge in [-0.2, -0.15) is 15.2 Å². The van der Waals surface area contributed by atoms with Gasteiger partial charge in [-0.3, -0.25) is 9.69 Å². The first-order valence-electron chi connectivity index (χ1n) is 16.7. The summed E-state index contributed by atoms with van der Waals surface area (Å²) in [4.78, 5) is 27.4. The lowest BCUT2D eigenvalue weighted by molar-refractivity contribution is -0.131. The maximum absolute atomic E-state index is 13.6. The van der Waals surface area contributed by atoms with Gasteiger partial charge in [0.05, 0.1) is 31.3 Å². The normalized spacial score (nSPS) is 20.3. The molecule has 10 heteroatoms. The zero-order valence-corrected chi connectivity index (χ0v) is 28.8. The molecule has 3 atom stereocenters. The summed E-state index contributed by atoms with van der Waals surface area (Å²) < 4.78 is 31.5. The smallest absolute Gasteiger partial charge is 0.318 e. The minimum atomic E-state index is -1.01. The molecule has 3 aliphatic heterocycles. The highest BCUT2D eigenvalue weighted by Crippen LogP contribution is 2.31. The van der Waals surface area contributed by atoms with Gasteiger partial charge in [0.15, 0.2) is 5.83 Å². The second-order valence-electron chi connectivity index (χ2n) is 11.8. The number of alkyl halides is 1. The van der Waals surface area contributed by atoms with Gasteiger partial charge in [-0.25, -0.2) is 8.78 Å². The molecule has 0 bridgehead atoms. The molecule has 3 unspecified atom stereocenters. The fourth-order valence-electron chi connectivity index (χ4n) is 6.07. The summed E-state index contributed by atoms with van der Waals surface area (Å²) in [5.74, 6) is -1.00. The van der Waals surface area contributed by atoms with Crippen LogP contribution in [-0.2, 0) is 17.6 Å². The number of hydrogen-bond donors (Lipinski definition) is 0. The van der Waals surface area contributed by atoms with Crippen LogP contribution in [0.1, 0.15) is 84.4 Å². The van der Waals surface area contributed by atoms with E-state index in [1.165, 1.54) is 22.5 Å². The molecule has 0 N–H and O–H groups in total. The number of aryl methyl sites for hydroxylation is 1. The number of piperazine rings is 1. The highest BCUT2D eigenvalue weighted by molar-refractivity contribution is 5.91. The number of rotatable bonds is 12. The Morgan fingerprint density at radius 2 is 1.91 bits per heavy atom. The van der Waals surface area contributed by atoms with Crippen LogP contribution in [0, 0.1) is 11.3 Å². The third-order valence-electron chi connectivity index (χ3n) is 8.50. The fraction of sp³-hybridized carbons (Fsp3) is 0.611. The summed E-state index contributed by atoms with van der Waals surface area (Å²) in [6, 6.07) is 2.59. The molecular weight excluding hydrogens is 586 g/mol. The Labute approximate surface area is 275 Å². The molecule has 4 heterocycles. The number of fused-ring (bicyclic) bond motifs is 1. The maximum Gasteiger partial charge on any atom is 0.318 e. The number of carbonyl (C=O) groups excluding carboxylic acids is 1. The SMILES string of the molecule is C=C/C=C\C(CCCc1nc(OC)nc(N2CCN(C(=O)C(=C)F)C(CC#N)C2)c1CCC)=C(C)C.CC.FC1CC2CCN2C1. The van der Waals surface area contributed by atoms with Crippen molar-refractivity contribution in [3.05, 3.63) is 59.6 Å². The van der Waals surface area contributed by atoms with Gasteiger partial charge in [0, 0.05) is 44.3 Å². The molecule has 0 saturated carbocycles. The number of amides is 1. The van der Waals surface area contributed by atoms with Gasteiger partial charge < -0.3 is 14.5 Å². The zero-order valence-electron chi connectivity index (χ0n) is 28.8. The topological polar surface area (TPSA) is 85.6 Å². The lowest BCUT2D eigenvalue weighted by Gasteiger charge is -2.41. The van der Waals surface area contributed by atoms with Crippen molar-refractivity contribution in [1.29, 1.82) is 5.26 Å². The number of nitriles is 1. The van der Waals surface area contributed by atoms with E-state index in [1.54, 1.807) is 13.2 Å². The summed E-state index contributed by atoms with van der Waals surface area (Å²) in [5.41, 5.74) is 4.56. The van der Waals surface area contributed by atoms with Crippen LogP contribution < -0.4 is 9.64 Å². The summed E-state index contributed by atoms with van der Waals surface area (Å²) in [6.45, 7) is 20.2. The second kappa shape index (κ2) is 19.8. The standard InChI is InChI=1S/C28H38FN5O2.C6H10FN.C2H6/c1-7-9-12-22(20(3)4)13-10-14-25-24(11-8-2)26(32-28(31-25)36-6)33-17-18-34(27(35)21(5)29)23(19-33)15-16-30;7-5-3-6-1-2-8(6)4-5;1-2/h7,9,12,23H,1,5,8,10-11,13-15,17-19H2,2-4,6H3;5-6H,1-4H2;1-2H3/b12-9-;;. The van der Waals surface area contributed by atoms with Crippen molar-refractivity contribution in [1.82, 2.24) is 19.8 Å². The van der Waals surface area contributed by atoms with Crippen LogP contribution in [0.5, 0.6) is 6.01 Å². The third-order valence-corrected chi connectivity index (χ3v) is 8.50. The first kappa shape index (κ1) is 38.6. The van der Waals surface area contributed by atoms with E-state index in [0.29, 0.717) is 31.7 Å². The third kappa shape index (κ3) is 10.8. The molecule has 46 heavy (non-hydrogen) atoms. The van der Waals surface area contributed by atoms with Crippen LogP contribution in [0.15, 0.2) is 48.4 Å². The molecule has 3 saturated heterocycles. The van der Waals surface area contributed by atoms with Crippen molar-refractivity contribution in [2.24, 2.45) is 0 Å². The molecule has 0 aliphatic carbocycles. The molecule has 3 aliphatic rings. The molecule has 4 rings (SSSR count). The van der Waals surface area contributed by atoms with Crippen LogP contribution in [-0.4, -0.2) is 83.8 Å². The number of aromatic nitrogens is 2. The number of hydrogen-bond acceptors (Lipinski definition) is 7. The van der Waals surface area contributed by atoms with E-state index in [0.717, 1.165) is 62.1 Å². The van der Waals surface area contributed by atoms with Crippen LogP contribution >= 0.6 is 0 Å². The Morgan fingerprint density at radius 3 is 2.41 bits per heavy atom. The Bertz CT molecular complexity index is 1260. The van der Waals surface area contributed by atoms with E-state index in [4.69, 9.17) is 9.72 Å². The van der Waals surface area contributed by atoms with Gasteiger partial charge in [0.2, 0.25) is 0 Å². The Hall–Kier alpha value is -3.58. The molecule has 0 aromatic carbocycles. The van der Waals surface area contributed by atoms with Gasteiger partial charge in [-0.05, 0) is 57.9 Å². The molecule has 0 radical (unpaired) electrons. The highest BCUT2D eigenvalue weighted by Gasteiger charge is 2.38. The molecule has 3 fully saturated rings. The quantitative estimate of drug-likeness (QED) is 0.178. The van der Waals surface area contributed by atoms with Crippen molar-refractivity contribution in [2.75, 3.05) is 44.7 Å². The van der Waals surface area contributed by atoms with Crippen molar-refractivity contribution in [2.45, 2.75) is 104 Å². The summed E-state index contributed by atoms with van der Waals surface area (Å²) in [7, 11) is 1.55. The summed E-state index contributed by atoms with van der Waals surface area (Å²) >= 11 is 0. The average molecular weight is 641 g/mol. The van der Waals surface area contributed by atoms with Crippen molar-refractivity contribution in [3.63, 3.8) is 0 Å². The first-order valence-corrected chi connectivity index (χ1v) is 16.7. The number of anilines is 1. The Kier molecular flexibility index (Phi) is 16.6. The second-order valence-corrected chi connectivity index (χ2v) is 11.8. The van der Waals surface area contributed by atoms with E-state index >= 15 is 0 Å². The van der Waals surface area contributed by atoms with Gasteiger partial charge in [-0.15, -0.1) is 0 Å². The lowest BCUT2D eigenvalue weighted by Crippen LogP contribution is -2.55.